The van der Waals surface area contributed by atoms with Gasteiger partial charge in [0.05, 0.1) is 12.7 Å². The molecule has 0 spiro atoms. The topological polar surface area (TPSA) is 29.5 Å². The Kier molecular flexibility index (Phi) is 5.33. The fourth-order valence-electron chi connectivity index (χ4n) is 4.14. The van der Waals surface area contributed by atoms with Gasteiger partial charge in [0.15, 0.2) is 0 Å². The van der Waals surface area contributed by atoms with E-state index in [2.05, 4.69) is 0 Å². The van der Waals surface area contributed by atoms with Gasteiger partial charge in [-0.3, -0.25) is 0 Å². The summed E-state index contributed by atoms with van der Waals surface area (Å²) in [5.74, 6) is -1.15. The molecule has 0 amide bonds. The molecule has 0 bridgehead atoms. The number of aliphatic hydroxyl groups excluding tert-OH is 1. The summed E-state index contributed by atoms with van der Waals surface area (Å²) in [5.41, 5.74) is -1.29. The smallest absolute Gasteiger partial charge is 0.392 e. The summed E-state index contributed by atoms with van der Waals surface area (Å²) in [4.78, 5) is 0. The lowest BCUT2D eigenvalue weighted by atomic mass is 9.59. The number of hydrogen-bond donors (Lipinski definition) is 1. The quantitative estimate of drug-likeness (QED) is 0.837. The number of rotatable bonds is 4. The number of aliphatic hydroxyl groups is 1. The van der Waals surface area contributed by atoms with Crippen LogP contribution in [-0.4, -0.2) is 31.1 Å². The van der Waals surface area contributed by atoms with E-state index in [1.165, 1.54) is 13.2 Å². The summed E-state index contributed by atoms with van der Waals surface area (Å²) in [7, 11) is 1.35. The summed E-state index contributed by atoms with van der Waals surface area (Å²) in [6.07, 6.45) is -5.98. The second-order valence-corrected chi connectivity index (χ2v) is 7.15. The summed E-state index contributed by atoms with van der Waals surface area (Å²) in [6.45, 7) is -0.210. The van der Waals surface area contributed by atoms with E-state index in [0.717, 1.165) is 0 Å². The predicted molar refractivity (Wildman–Crippen MR) is 94.4 cm³/mol. The first-order chi connectivity index (χ1) is 12.3. The third-order valence-corrected chi connectivity index (χ3v) is 5.57. The molecule has 2 nitrogen and oxygen atoms in total. The lowest BCUT2D eigenvalue weighted by molar-refractivity contribution is -0.226. The van der Waals surface area contributed by atoms with Crippen LogP contribution in [0.3, 0.4) is 0 Å². The summed E-state index contributed by atoms with van der Waals surface area (Å²) >= 11 is 6.29. The van der Waals surface area contributed by atoms with Gasteiger partial charge in [0.1, 0.15) is 5.41 Å². The number of alkyl halides is 3. The second-order valence-electron chi connectivity index (χ2n) is 6.74. The van der Waals surface area contributed by atoms with Crippen LogP contribution in [-0.2, 0) is 23.0 Å². The number of fused-ring (bicyclic) bond motifs is 1. The van der Waals surface area contributed by atoms with Gasteiger partial charge in [-0.2, -0.15) is 13.2 Å². The molecule has 0 aliphatic heterocycles. The molecule has 140 valence electrons. The minimum atomic E-state index is -4.62. The molecule has 3 unspecified atom stereocenters. The number of benzene rings is 2. The van der Waals surface area contributed by atoms with Gasteiger partial charge in [0.25, 0.3) is 0 Å². The Morgan fingerprint density at radius 2 is 1.85 bits per heavy atom. The summed E-state index contributed by atoms with van der Waals surface area (Å²) in [5, 5.41) is 10.7. The molecule has 1 aliphatic carbocycles. The maximum Gasteiger partial charge on any atom is 0.399 e. The van der Waals surface area contributed by atoms with Crippen LogP contribution < -0.4 is 0 Å². The van der Waals surface area contributed by atoms with Crippen molar-refractivity contribution >= 4 is 11.6 Å². The average molecular weight is 385 g/mol. The van der Waals surface area contributed by atoms with Gasteiger partial charge in [0.2, 0.25) is 0 Å². The summed E-state index contributed by atoms with van der Waals surface area (Å²) < 4.78 is 49.1. The molecule has 0 heterocycles. The Morgan fingerprint density at radius 3 is 2.46 bits per heavy atom. The third kappa shape index (κ3) is 3.13. The monoisotopic (exact) mass is 384 g/mol. The van der Waals surface area contributed by atoms with Crippen LogP contribution in [0.2, 0.25) is 5.02 Å². The SMILES string of the molecule is COCC1C(O)Cc2cccc(Cl)c2C1(Cc1ccccc1)C(F)(F)F. The molecule has 2 aromatic carbocycles. The zero-order chi connectivity index (χ0) is 18.9. The highest BCUT2D eigenvalue weighted by Crippen LogP contribution is 2.55. The van der Waals surface area contributed by atoms with Crippen molar-refractivity contribution in [3.63, 3.8) is 0 Å². The molecule has 1 N–H and O–H groups in total. The normalized spacial score (nSPS) is 25.8. The van der Waals surface area contributed by atoms with Crippen molar-refractivity contribution in [1.29, 1.82) is 0 Å². The van der Waals surface area contributed by atoms with Gasteiger partial charge < -0.3 is 9.84 Å². The van der Waals surface area contributed by atoms with Crippen LogP contribution in [0.5, 0.6) is 0 Å². The molecule has 3 rings (SSSR count). The largest absolute Gasteiger partial charge is 0.399 e. The van der Waals surface area contributed by atoms with Crippen molar-refractivity contribution in [2.75, 3.05) is 13.7 Å². The van der Waals surface area contributed by atoms with E-state index in [1.54, 1.807) is 42.5 Å². The highest BCUT2D eigenvalue weighted by Gasteiger charge is 2.64. The minimum absolute atomic E-state index is 0.0605. The van der Waals surface area contributed by atoms with Crippen molar-refractivity contribution in [3.05, 3.63) is 70.2 Å². The van der Waals surface area contributed by atoms with Gasteiger partial charge in [-0.05, 0) is 35.6 Å². The number of halogens is 4. The van der Waals surface area contributed by atoms with Gasteiger partial charge in [0, 0.05) is 18.1 Å². The molecule has 2 aromatic rings. The minimum Gasteiger partial charge on any atom is -0.392 e. The molecule has 0 saturated carbocycles. The first-order valence-corrected chi connectivity index (χ1v) is 8.74. The zero-order valence-electron chi connectivity index (χ0n) is 14.3. The van der Waals surface area contributed by atoms with Gasteiger partial charge in [-0.25, -0.2) is 0 Å². The molecule has 0 aromatic heterocycles. The molecule has 3 atom stereocenters. The van der Waals surface area contributed by atoms with Crippen LogP contribution in [0.15, 0.2) is 48.5 Å². The Balaban J connectivity index is 2.29. The average Bonchev–Trinajstić information content (AvgIpc) is 2.58. The Hall–Kier alpha value is -1.56. The van der Waals surface area contributed by atoms with Crippen molar-refractivity contribution in [1.82, 2.24) is 0 Å². The van der Waals surface area contributed by atoms with Gasteiger partial charge in [-0.1, -0.05) is 54.1 Å². The third-order valence-electron chi connectivity index (χ3n) is 5.25. The van der Waals surface area contributed by atoms with Crippen LogP contribution >= 0.6 is 11.6 Å². The molecule has 26 heavy (non-hydrogen) atoms. The first-order valence-electron chi connectivity index (χ1n) is 8.36. The van der Waals surface area contributed by atoms with Crippen molar-refractivity contribution in [3.8, 4) is 0 Å². The molecular weight excluding hydrogens is 365 g/mol. The molecule has 0 radical (unpaired) electrons. The van der Waals surface area contributed by atoms with Crippen LogP contribution in [0, 0.1) is 5.92 Å². The number of hydrogen-bond acceptors (Lipinski definition) is 2. The first kappa shape index (κ1) is 19.2. The van der Waals surface area contributed by atoms with Crippen molar-refractivity contribution in [2.24, 2.45) is 5.92 Å². The van der Waals surface area contributed by atoms with E-state index in [1.807, 2.05) is 0 Å². The molecule has 0 saturated heterocycles. The summed E-state index contributed by atoms with van der Waals surface area (Å²) in [6, 6.07) is 13.2. The van der Waals surface area contributed by atoms with Crippen LogP contribution in [0.1, 0.15) is 16.7 Å². The van der Waals surface area contributed by atoms with Crippen molar-refractivity contribution < 1.29 is 23.0 Å². The Labute approximate surface area is 155 Å². The maximum absolute atomic E-state index is 14.7. The van der Waals surface area contributed by atoms with E-state index >= 15 is 0 Å². The van der Waals surface area contributed by atoms with E-state index in [9.17, 15) is 18.3 Å². The number of methoxy groups -OCH3 is 1. The van der Waals surface area contributed by atoms with E-state index in [4.69, 9.17) is 16.3 Å². The lowest BCUT2D eigenvalue weighted by Gasteiger charge is -2.49. The van der Waals surface area contributed by atoms with Gasteiger partial charge >= 0.3 is 6.18 Å². The fraction of sp³-hybridized carbons (Fsp3) is 0.400. The molecule has 6 heteroatoms. The van der Waals surface area contributed by atoms with Crippen LogP contribution in [0.4, 0.5) is 13.2 Å². The fourth-order valence-corrected chi connectivity index (χ4v) is 4.51. The number of ether oxygens (including phenoxy) is 1. The maximum atomic E-state index is 14.7. The highest BCUT2D eigenvalue weighted by atomic mass is 35.5. The Bertz CT molecular complexity index is 763. The van der Waals surface area contributed by atoms with Gasteiger partial charge in [-0.15, -0.1) is 0 Å². The second kappa shape index (κ2) is 7.22. The molecule has 1 aliphatic rings. The van der Waals surface area contributed by atoms with E-state index < -0.39 is 23.6 Å². The molecular formula is C20H20ClF3O2. The van der Waals surface area contributed by atoms with E-state index in [-0.39, 0.29) is 30.0 Å². The molecule has 0 fully saturated rings. The van der Waals surface area contributed by atoms with Crippen LogP contribution in [0.25, 0.3) is 0 Å². The standard InChI is InChI=1S/C20H20ClF3O2/c1-26-12-15-17(25)10-14-8-5-9-16(21)18(14)19(15,20(22,23)24)11-13-6-3-2-4-7-13/h2-9,15,17,25H,10-12H2,1H3. The predicted octanol–water partition coefficient (Wildman–Crippen LogP) is 4.56. The zero-order valence-corrected chi connectivity index (χ0v) is 15.0. The Morgan fingerprint density at radius 1 is 1.15 bits per heavy atom. The van der Waals surface area contributed by atoms with E-state index in [0.29, 0.717) is 11.1 Å². The van der Waals surface area contributed by atoms with Crippen molar-refractivity contribution in [2.45, 2.75) is 30.5 Å². The lowest BCUT2D eigenvalue weighted by Crippen LogP contribution is -2.58. The highest BCUT2D eigenvalue weighted by molar-refractivity contribution is 6.31.